The summed E-state index contributed by atoms with van der Waals surface area (Å²) < 4.78 is 44.2. The molecule has 1 aromatic carbocycles. The van der Waals surface area contributed by atoms with E-state index in [1.165, 1.54) is 20.1 Å². The van der Waals surface area contributed by atoms with Gasteiger partial charge >= 0.3 is 0 Å². The molecule has 1 aromatic heterocycles. The predicted octanol–water partition coefficient (Wildman–Crippen LogP) is 2.58. The maximum atomic E-state index is 12.8. The minimum atomic E-state index is -3.80. The van der Waals surface area contributed by atoms with E-state index in [0.717, 1.165) is 12.8 Å². The Morgan fingerprint density at radius 2 is 2.17 bits per heavy atom. The SMILES string of the molecule is COc1ccc(/C=C\c2onc(C)c2NC(C)=O)cc1S(=O)(=O)NCC1CCCO1. The van der Waals surface area contributed by atoms with Gasteiger partial charge < -0.3 is 19.3 Å². The van der Waals surface area contributed by atoms with Crippen molar-refractivity contribution in [3.8, 4) is 5.75 Å². The number of hydrogen-bond acceptors (Lipinski definition) is 7. The van der Waals surface area contributed by atoms with Crippen molar-refractivity contribution >= 4 is 33.8 Å². The van der Waals surface area contributed by atoms with Crippen molar-refractivity contribution in [3.63, 3.8) is 0 Å². The summed E-state index contributed by atoms with van der Waals surface area (Å²) in [5.74, 6) is 0.354. The van der Waals surface area contributed by atoms with Gasteiger partial charge in [0.05, 0.1) is 13.2 Å². The van der Waals surface area contributed by atoms with Gasteiger partial charge in [-0.05, 0) is 43.5 Å². The molecule has 10 heteroatoms. The summed E-state index contributed by atoms with van der Waals surface area (Å²) in [7, 11) is -2.38. The summed E-state index contributed by atoms with van der Waals surface area (Å²) in [6.45, 7) is 3.97. The van der Waals surface area contributed by atoms with Gasteiger partial charge in [-0.2, -0.15) is 0 Å². The van der Waals surface area contributed by atoms with Gasteiger partial charge in [-0.25, -0.2) is 13.1 Å². The average Bonchev–Trinajstić information content (AvgIpc) is 3.35. The number of aromatic nitrogens is 1. The Morgan fingerprint density at radius 1 is 1.37 bits per heavy atom. The van der Waals surface area contributed by atoms with Crippen LogP contribution < -0.4 is 14.8 Å². The summed E-state index contributed by atoms with van der Waals surface area (Å²) in [4.78, 5) is 11.4. The lowest BCUT2D eigenvalue weighted by Crippen LogP contribution is -2.32. The number of nitrogens with zero attached hydrogens (tertiary/aromatic N) is 1. The molecule has 1 atom stereocenters. The molecule has 3 rings (SSSR count). The summed E-state index contributed by atoms with van der Waals surface area (Å²) in [5, 5.41) is 6.52. The van der Waals surface area contributed by atoms with Gasteiger partial charge in [-0.1, -0.05) is 17.3 Å². The van der Waals surface area contributed by atoms with Crippen molar-refractivity contribution in [2.45, 2.75) is 37.7 Å². The number of ether oxygens (including phenoxy) is 2. The Bertz CT molecular complexity index is 1040. The third-order valence-electron chi connectivity index (χ3n) is 4.62. The number of nitrogens with one attached hydrogen (secondary N) is 2. The Labute approximate surface area is 175 Å². The highest BCUT2D eigenvalue weighted by atomic mass is 32.2. The first-order chi connectivity index (χ1) is 14.3. The molecule has 1 aliphatic rings. The maximum Gasteiger partial charge on any atom is 0.244 e. The molecule has 2 aromatic rings. The number of carbonyl (C=O) groups excluding carboxylic acids is 1. The smallest absolute Gasteiger partial charge is 0.244 e. The Hall–Kier alpha value is -2.69. The first kappa shape index (κ1) is 22.0. The van der Waals surface area contributed by atoms with Crippen LogP contribution in [0, 0.1) is 6.92 Å². The van der Waals surface area contributed by atoms with Gasteiger partial charge in [0.1, 0.15) is 22.0 Å². The van der Waals surface area contributed by atoms with E-state index in [1.54, 1.807) is 31.2 Å². The van der Waals surface area contributed by atoms with Crippen LogP contribution in [0.3, 0.4) is 0 Å². The number of anilines is 1. The Kier molecular flexibility index (Phi) is 6.91. The van der Waals surface area contributed by atoms with E-state index in [1.807, 2.05) is 0 Å². The molecular formula is C20H25N3O6S. The summed E-state index contributed by atoms with van der Waals surface area (Å²) >= 11 is 0. The third-order valence-corrected chi connectivity index (χ3v) is 6.06. The van der Waals surface area contributed by atoms with Crippen LogP contribution in [-0.2, 0) is 19.6 Å². The van der Waals surface area contributed by atoms with Gasteiger partial charge in [-0.3, -0.25) is 4.79 Å². The molecule has 2 heterocycles. The summed E-state index contributed by atoms with van der Waals surface area (Å²) in [5.41, 5.74) is 1.62. The second kappa shape index (κ2) is 9.41. The highest BCUT2D eigenvalue weighted by Gasteiger charge is 2.23. The van der Waals surface area contributed by atoms with E-state index in [9.17, 15) is 13.2 Å². The third kappa shape index (κ3) is 5.26. The number of sulfonamides is 1. The molecular weight excluding hydrogens is 410 g/mol. The highest BCUT2D eigenvalue weighted by molar-refractivity contribution is 7.89. The Balaban J connectivity index is 1.84. The molecule has 0 radical (unpaired) electrons. The molecule has 1 fully saturated rings. The van der Waals surface area contributed by atoms with E-state index in [-0.39, 0.29) is 29.2 Å². The number of methoxy groups -OCH3 is 1. The van der Waals surface area contributed by atoms with Crippen LogP contribution in [0.25, 0.3) is 12.2 Å². The maximum absolute atomic E-state index is 12.8. The number of aryl methyl sites for hydroxylation is 1. The topological polar surface area (TPSA) is 120 Å². The monoisotopic (exact) mass is 435 g/mol. The Morgan fingerprint density at radius 3 is 2.83 bits per heavy atom. The first-order valence-corrected chi connectivity index (χ1v) is 11.0. The van der Waals surface area contributed by atoms with Gasteiger partial charge in [0, 0.05) is 20.1 Å². The van der Waals surface area contributed by atoms with Crippen molar-refractivity contribution in [2.24, 2.45) is 0 Å². The number of carbonyl (C=O) groups is 1. The molecule has 0 spiro atoms. The summed E-state index contributed by atoms with van der Waals surface area (Å²) in [6.07, 6.45) is 4.93. The molecule has 2 N–H and O–H groups in total. The standard InChI is InChI=1S/C20H25N3O6S/c1-13-20(22-14(2)24)18(29-23-13)9-7-15-6-8-17(27-3)19(11-15)30(25,26)21-12-16-5-4-10-28-16/h6-9,11,16,21H,4-5,10,12H2,1-3H3,(H,22,24)/b9-7-. The molecule has 1 unspecified atom stereocenters. The lowest BCUT2D eigenvalue weighted by molar-refractivity contribution is -0.114. The minimum absolute atomic E-state index is 0.0287. The van der Waals surface area contributed by atoms with Crippen LogP contribution in [0.5, 0.6) is 5.75 Å². The quantitative estimate of drug-likeness (QED) is 0.654. The van der Waals surface area contributed by atoms with Crippen molar-refractivity contribution in [1.82, 2.24) is 9.88 Å². The fourth-order valence-electron chi connectivity index (χ4n) is 3.09. The zero-order chi connectivity index (χ0) is 21.7. The number of rotatable bonds is 8. The van der Waals surface area contributed by atoms with Crippen LogP contribution in [-0.4, -0.2) is 45.8 Å². The van der Waals surface area contributed by atoms with Gasteiger partial charge in [0.2, 0.25) is 15.9 Å². The normalized spacial score (nSPS) is 16.8. The van der Waals surface area contributed by atoms with Crippen molar-refractivity contribution in [1.29, 1.82) is 0 Å². The van der Waals surface area contributed by atoms with Crippen molar-refractivity contribution < 1.29 is 27.2 Å². The molecule has 1 amide bonds. The number of benzene rings is 1. The van der Waals surface area contributed by atoms with E-state index in [2.05, 4.69) is 15.2 Å². The molecule has 1 saturated heterocycles. The fraction of sp³-hybridized carbons (Fsp3) is 0.400. The van der Waals surface area contributed by atoms with E-state index in [0.29, 0.717) is 29.3 Å². The molecule has 1 aliphatic heterocycles. The van der Waals surface area contributed by atoms with Crippen LogP contribution in [0.1, 0.15) is 36.8 Å². The number of amides is 1. The van der Waals surface area contributed by atoms with E-state index < -0.39 is 10.0 Å². The zero-order valence-electron chi connectivity index (χ0n) is 17.1. The van der Waals surface area contributed by atoms with Crippen LogP contribution in [0.15, 0.2) is 27.6 Å². The molecule has 162 valence electrons. The molecule has 30 heavy (non-hydrogen) atoms. The molecule has 0 bridgehead atoms. The van der Waals surface area contributed by atoms with Gasteiger partial charge in [0.25, 0.3) is 0 Å². The molecule has 0 aliphatic carbocycles. The lowest BCUT2D eigenvalue weighted by atomic mass is 10.2. The molecule has 9 nitrogen and oxygen atoms in total. The first-order valence-electron chi connectivity index (χ1n) is 9.51. The highest BCUT2D eigenvalue weighted by Crippen LogP contribution is 2.27. The predicted molar refractivity (Wildman–Crippen MR) is 112 cm³/mol. The van der Waals surface area contributed by atoms with Crippen LogP contribution in [0.2, 0.25) is 0 Å². The fourth-order valence-corrected chi connectivity index (χ4v) is 4.36. The van der Waals surface area contributed by atoms with Gasteiger partial charge in [0.15, 0.2) is 5.76 Å². The second-order valence-electron chi connectivity index (χ2n) is 6.92. The largest absolute Gasteiger partial charge is 0.495 e. The molecule has 0 saturated carbocycles. The second-order valence-corrected chi connectivity index (χ2v) is 8.65. The zero-order valence-corrected chi connectivity index (χ0v) is 17.9. The van der Waals surface area contributed by atoms with Crippen LogP contribution in [0.4, 0.5) is 5.69 Å². The van der Waals surface area contributed by atoms with Crippen molar-refractivity contribution in [2.75, 3.05) is 25.6 Å². The van der Waals surface area contributed by atoms with Crippen LogP contribution >= 0.6 is 0 Å². The minimum Gasteiger partial charge on any atom is -0.495 e. The average molecular weight is 436 g/mol. The van der Waals surface area contributed by atoms with Crippen molar-refractivity contribution in [3.05, 3.63) is 35.2 Å². The number of hydrogen-bond donors (Lipinski definition) is 2. The van der Waals surface area contributed by atoms with E-state index >= 15 is 0 Å². The summed E-state index contributed by atoms with van der Waals surface area (Å²) in [6, 6.07) is 4.81. The van der Waals surface area contributed by atoms with E-state index in [4.69, 9.17) is 14.0 Å². The van der Waals surface area contributed by atoms with Gasteiger partial charge in [-0.15, -0.1) is 0 Å². The lowest BCUT2D eigenvalue weighted by Gasteiger charge is -2.14.